The van der Waals surface area contributed by atoms with Gasteiger partial charge in [0.15, 0.2) is 0 Å². The Morgan fingerprint density at radius 2 is 0.567 bits per heavy atom. The van der Waals surface area contributed by atoms with Crippen molar-refractivity contribution in [1.82, 2.24) is 0 Å². The van der Waals surface area contributed by atoms with Crippen molar-refractivity contribution in [2.45, 2.75) is 118 Å². The van der Waals surface area contributed by atoms with Gasteiger partial charge in [0.25, 0.3) is 0 Å². The van der Waals surface area contributed by atoms with Crippen LogP contribution in [-0.4, -0.2) is 0 Å². The molecule has 0 saturated heterocycles. The van der Waals surface area contributed by atoms with E-state index in [4.69, 9.17) is 0 Å². The van der Waals surface area contributed by atoms with Crippen LogP contribution in [0.2, 0.25) is 0 Å². The van der Waals surface area contributed by atoms with Crippen LogP contribution in [0.3, 0.4) is 0 Å². The summed E-state index contributed by atoms with van der Waals surface area (Å²) in [5, 5.41) is 0. The molecule has 7 rings (SSSR count). The minimum atomic E-state index is 1.10. The Labute approximate surface area is 362 Å². The normalized spacial score (nSPS) is 11.3. The number of benzene rings is 7. The standard InChI is InChI=1S/C60H66/c1-45-29-31-55(41-47(45)3)51-33-37-53(38-34-51)59-43-58(28-20-10-6-8-14-22-50-25-17-12-18-26-50)60(54-39-35-52(36-40-54)56-32-30-46(2)48(4)42-56)44-57(59)27-19-9-5-7-13-21-49-23-15-11-16-24-49/h11-12,15-18,23-26,29-44H,5-10,13-14,19-22,27-28H2,1-4H3. The quantitative estimate of drug-likeness (QED) is 0.0675. The van der Waals surface area contributed by atoms with E-state index in [9.17, 15) is 0 Å². The van der Waals surface area contributed by atoms with Gasteiger partial charge in [-0.2, -0.15) is 0 Å². The van der Waals surface area contributed by atoms with Crippen molar-refractivity contribution < 1.29 is 0 Å². The number of hydrogen-bond acceptors (Lipinski definition) is 0. The van der Waals surface area contributed by atoms with Gasteiger partial charge in [0.1, 0.15) is 0 Å². The van der Waals surface area contributed by atoms with Gasteiger partial charge in [0, 0.05) is 0 Å². The maximum atomic E-state index is 2.59. The van der Waals surface area contributed by atoms with Gasteiger partial charge in [0.2, 0.25) is 0 Å². The van der Waals surface area contributed by atoms with Gasteiger partial charge in [-0.05, 0) is 168 Å². The molecule has 0 heteroatoms. The summed E-state index contributed by atoms with van der Waals surface area (Å²) in [5.74, 6) is 0. The Hall–Kier alpha value is -5.46. The zero-order valence-corrected chi connectivity index (χ0v) is 36.9. The molecule has 0 aliphatic heterocycles. The first kappa shape index (κ1) is 42.7. The Balaban J connectivity index is 1.14. The average Bonchev–Trinajstić information content (AvgIpc) is 3.28. The first-order valence-corrected chi connectivity index (χ1v) is 23.0. The minimum absolute atomic E-state index is 1.10. The van der Waals surface area contributed by atoms with E-state index >= 15 is 0 Å². The van der Waals surface area contributed by atoms with E-state index < -0.39 is 0 Å². The van der Waals surface area contributed by atoms with Gasteiger partial charge in [-0.3, -0.25) is 0 Å². The fraction of sp³-hybridized carbons (Fsp3) is 0.300. The summed E-state index contributed by atoms with van der Waals surface area (Å²) in [7, 11) is 0. The van der Waals surface area contributed by atoms with E-state index in [1.165, 1.54) is 166 Å². The van der Waals surface area contributed by atoms with Crippen LogP contribution in [0.15, 0.2) is 158 Å². The van der Waals surface area contributed by atoms with Crippen molar-refractivity contribution in [3.63, 3.8) is 0 Å². The van der Waals surface area contributed by atoms with E-state index in [1.54, 1.807) is 0 Å². The molecule has 0 nitrogen and oxygen atoms in total. The first-order valence-electron chi connectivity index (χ1n) is 23.0. The Morgan fingerprint density at radius 1 is 0.250 bits per heavy atom. The number of aryl methyl sites for hydroxylation is 8. The molecule has 0 aromatic heterocycles. The molecular weight excluding hydrogens is 721 g/mol. The second-order valence-electron chi connectivity index (χ2n) is 17.4. The maximum Gasteiger partial charge on any atom is -0.0149 e. The highest BCUT2D eigenvalue weighted by atomic mass is 14.2. The summed E-state index contributed by atoms with van der Waals surface area (Å²) in [4.78, 5) is 0. The lowest BCUT2D eigenvalue weighted by Crippen LogP contribution is -1.99. The molecule has 0 heterocycles. The minimum Gasteiger partial charge on any atom is -0.0622 e. The SMILES string of the molecule is Cc1ccc(-c2ccc(-c3cc(CCCCCCCc4ccccc4)c(-c4ccc(-c5ccc(C)c(C)c5)cc4)cc3CCCCCCCc3ccccc3)cc2)cc1C. The Bertz CT molecular complexity index is 2210. The lowest BCUT2D eigenvalue weighted by molar-refractivity contribution is 0.612. The highest BCUT2D eigenvalue weighted by Crippen LogP contribution is 2.37. The third kappa shape index (κ3) is 11.8. The van der Waals surface area contributed by atoms with Crippen LogP contribution >= 0.6 is 0 Å². The smallest absolute Gasteiger partial charge is 0.0149 e. The van der Waals surface area contributed by atoms with E-state index in [2.05, 4.69) is 185 Å². The third-order valence-corrected chi connectivity index (χ3v) is 12.9. The number of unbranched alkanes of at least 4 members (excludes halogenated alkanes) is 8. The molecular formula is C60H66. The molecule has 0 aliphatic carbocycles. The van der Waals surface area contributed by atoms with Crippen molar-refractivity contribution in [3.8, 4) is 44.5 Å². The molecule has 0 atom stereocenters. The van der Waals surface area contributed by atoms with E-state index in [-0.39, 0.29) is 0 Å². The molecule has 7 aromatic rings. The molecule has 0 saturated carbocycles. The largest absolute Gasteiger partial charge is 0.0622 e. The Kier molecular flexibility index (Phi) is 15.4. The second-order valence-corrected chi connectivity index (χ2v) is 17.4. The summed E-state index contributed by atoms with van der Waals surface area (Å²) in [6, 6.07) is 59.7. The van der Waals surface area contributed by atoms with E-state index in [1.807, 2.05) is 0 Å². The molecule has 0 amide bonds. The molecule has 0 aliphatic rings. The first-order chi connectivity index (χ1) is 29.4. The topological polar surface area (TPSA) is 0 Å². The molecule has 0 radical (unpaired) electrons. The predicted octanol–water partition coefficient (Wildman–Crippen LogP) is 17.1. The predicted molar refractivity (Wildman–Crippen MR) is 261 cm³/mol. The zero-order chi connectivity index (χ0) is 41.5. The van der Waals surface area contributed by atoms with Gasteiger partial charge in [-0.1, -0.05) is 196 Å². The number of hydrogen-bond donors (Lipinski definition) is 0. The summed E-state index contributed by atoms with van der Waals surface area (Å²) < 4.78 is 0. The molecule has 0 spiro atoms. The summed E-state index contributed by atoms with van der Waals surface area (Å²) >= 11 is 0. The van der Waals surface area contributed by atoms with Gasteiger partial charge in [-0.25, -0.2) is 0 Å². The van der Waals surface area contributed by atoms with Crippen molar-refractivity contribution in [1.29, 1.82) is 0 Å². The van der Waals surface area contributed by atoms with Gasteiger partial charge in [-0.15, -0.1) is 0 Å². The van der Waals surface area contributed by atoms with Crippen LogP contribution in [-0.2, 0) is 25.7 Å². The van der Waals surface area contributed by atoms with Gasteiger partial charge < -0.3 is 0 Å². The lowest BCUT2D eigenvalue weighted by atomic mass is 9.86. The van der Waals surface area contributed by atoms with Crippen LogP contribution in [0.25, 0.3) is 44.5 Å². The van der Waals surface area contributed by atoms with Crippen LogP contribution in [0.4, 0.5) is 0 Å². The van der Waals surface area contributed by atoms with Crippen molar-refractivity contribution in [2.75, 3.05) is 0 Å². The molecule has 0 unspecified atom stereocenters. The monoisotopic (exact) mass is 787 g/mol. The van der Waals surface area contributed by atoms with Crippen LogP contribution in [0.1, 0.15) is 109 Å². The Morgan fingerprint density at radius 3 is 0.933 bits per heavy atom. The fourth-order valence-electron chi connectivity index (χ4n) is 8.81. The average molecular weight is 787 g/mol. The maximum absolute atomic E-state index is 2.59. The fourth-order valence-corrected chi connectivity index (χ4v) is 8.81. The van der Waals surface area contributed by atoms with Crippen molar-refractivity contribution in [3.05, 3.63) is 202 Å². The molecule has 7 aromatic carbocycles. The highest BCUT2D eigenvalue weighted by Gasteiger charge is 2.15. The molecule has 60 heavy (non-hydrogen) atoms. The summed E-state index contributed by atoms with van der Waals surface area (Å²) in [6.45, 7) is 8.82. The van der Waals surface area contributed by atoms with Crippen LogP contribution < -0.4 is 0 Å². The van der Waals surface area contributed by atoms with E-state index in [0.29, 0.717) is 0 Å². The molecule has 0 N–H and O–H groups in total. The summed E-state index contributed by atoms with van der Waals surface area (Å²) in [5.41, 5.74) is 21.9. The second kappa shape index (κ2) is 21.7. The third-order valence-electron chi connectivity index (χ3n) is 12.9. The molecule has 0 bridgehead atoms. The zero-order valence-electron chi connectivity index (χ0n) is 36.9. The van der Waals surface area contributed by atoms with Gasteiger partial charge in [0.05, 0.1) is 0 Å². The number of rotatable bonds is 20. The lowest BCUT2D eigenvalue weighted by Gasteiger charge is -2.19. The van der Waals surface area contributed by atoms with Crippen LogP contribution in [0.5, 0.6) is 0 Å². The highest BCUT2D eigenvalue weighted by molar-refractivity contribution is 5.79. The molecule has 306 valence electrons. The van der Waals surface area contributed by atoms with Crippen LogP contribution in [0, 0.1) is 27.7 Å². The summed E-state index contributed by atoms with van der Waals surface area (Å²) in [6.07, 6.45) is 17.3. The van der Waals surface area contributed by atoms with Crippen molar-refractivity contribution >= 4 is 0 Å². The van der Waals surface area contributed by atoms with E-state index in [0.717, 1.165) is 12.8 Å². The molecule has 0 fully saturated rings. The van der Waals surface area contributed by atoms with Crippen molar-refractivity contribution in [2.24, 2.45) is 0 Å². The van der Waals surface area contributed by atoms with Gasteiger partial charge >= 0.3 is 0 Å².